The maximum atomic E-state index is 12.2. The van der Waals surface area contributed by atoms with Crippen LogP contribution in [0.4, 0.5) is 5.69 Å². The summed E-state index contributed by atoms with van der Waals surface area (Å²) < 4.78 is 4.91. The number of esters is 1. The summed E-state index contributed by atoms with van der Waals surface area (Å²) in [6.45, 7) is 4.90. The van der Waals surface area contributed by atoms with E-state index in [9.17, 15) is 19.2 Å². The third-order valence-corrected chi connectivity index (χ3v) is 4.32. The molecule has 0 aliphatic heterocycles. The summed E-state index contributed by atoms with van der Waals surface area (Å²) in [4.78, 5) is 47.0. The van der Waals surface area contributed by atoms with Crippen LogP contribution in [-0.4, -0.2) is 30.0 Å². The number of amides is 1. The third-order valence-electron chi connectivity index (χ3n) is 4.32. The van der Waals surface area contributed by atoms with E-state index in [-0.39, 0.29) is 24.4 Å². The van der Waals surface area contributed by atoms with Gasteiger partial charge in [0.15, 0.2) is 18.2 Å². The normalized spacial score (nSPS) is 10.2. The van der Waals surface area contributed by atoms with E-state index in [4.69, 9.17) is 4.74 Å². The minimum atomic E-state index is -0.612. The summed E-state index contributed by atoms with van der Waals surface area (Å²) in [5.41, 5.74) is 3.70. The summed E-state index contributed by atoms with van der Waals surface area (Å²) in [7, 11) is 0. The molecule has 0 unspecified atom stereocenters. The molecule has 0 aromatic heterocycles. The van der Waals surface area contributed by atoms with Crippen molar-refractivity contribution < 1.29 is 23.9 Å². The van der Waals surface area contributed by atoms with Gasteiger partial charge in [0, 0.05) is 23.2 Å². The third kappa shape index (κ3) is 6.16. The Morgan fingerprint density at radius 1 is 0.857 bits per heavy atom. The summed E-state index contributed by atoms with van der Waals surface area (Å²) in [6.07, 6.45) is -0.0677. The Kier molecular flexibility index (Phi) is 7.21. The van der Waals surface area contributed by atoms with Gasteiger partial charge in [-0.25, -0.2) is 0 Å². The minimum absolute atomic E-state index is 0.0233. The highest BCUT2D eigenvalue weighted by Gasteiger charge is 2.13. The van der Waals surface area contributed by atoms with Crippen LogP contribution in [0.15, 0.2) is 42.5 Å². The number of benzene rings is 2. The highest BCUT2D eigenvalue weighted by atomic mass is 16.5. The average Bonchev–Trinajstić information content (AvgIpc) is 2.67. The van der Waals surface area contributed by atoms with Crippen LogP contribution in [0.2, 0.25) is 0 Å². The lowest BCUT2D eigenvalue weighted by molar-refractivity contribution is -0.147. The highest BCUT2D eigenvalue weighted by Crippen LogP contribution is 2.13. The van der Waals surface area contributed by atoms with Crippen LogP contribution < -0.4 is 5.32 Å². The molecule has 0 atom stereocenters. The van der Waals surface area contributed by atoms with Gasteiger partial charge in [0.1, 0.15) is 0 Å². The molecule has 6 nitrogen and oxygen atoms in total. The fraction of sp³-hybridized carbons (Fsp3) is 0.273. The van der Waals surface area contributed by atoms with Gasteiger partial charge in [-0.15, -0.1) is 0 Å². The Bertz CT molecular complexity index is 900. The second kappa shape index (κ2) is 9.60. The molecular weight excluding hydrogens is 358 g/mol. The minimum Gasteiger partial charge on any atom is -0.456 e. The lowest BCUT2D eigenvalue weighted by Gasteiger charge is -2.07. The maximum absolute atomic E-state index is 12.2. The van der Waals surface area contributed by atoms with Gasteiger partial charge in [-0.1, -0.05) is 12.1 Å². The molecule has 28 heavy (non-hydrogen) atoms. The van der Waals surface area contributed by atoms with E-state index in [1.54, 1.807) is 36.4 Å². The second-order valence-corrected chi connectivity index (χ2v) is 6.56. The molecule has 2 aromatic rings. The summed E-state index contributed by atoms with van der Waals surface area (Å²) in [6, 6.07) is 11.8. The van der Waals surface area contributed by atoms with Crippen molar-refractivity contribution in [3.05, 3.63) is 64.7 Å². The van der Waals surface area contributed by atoms with E-state index < -0.39 is 18.5 Å². The lowest BCUT2D eigenvalue weighted by atomic mass is 10.0. The van der Waals surface area contributed by atoms with Crippen LogP contribution in [0.25, 0.3) is 0 Å². The standard InChI is InChI=1S/C22H23NO5/c1-14-4-5-18(12-15(14)2)20(25)10-11-22(27)28-13-21(26)23-19-8-6-17(7-9-19)16(3)24/h4-9,12H,10-11,13H2,1-3H3,(H,23,26). The van der Waals surface area contributed by atoms with Gasteiger partial charge in [0.05, 0.1) is 6.42 Å². The molecule has 0 aliphatic carbocycles. The summed E-state index contributed by atoms with van der Waals surface area (Å²) in [5.74, 6) is -1.32. The van der Waals surface area contributed by atoms with E-state index in [1.807, 2.05) is 19.9 Å². The molecule has 0 aliphatic rings. The Balaban J connectivity index is 1.75. The second-order valence-electron chi connectivity index (χ2n) is 6.56. The number of hydrogen-bond acceptors (Lipinski definition) is 5. The number of ketones is 2. The summed E-state index contributed by atoms with van der Waals surface area (Å²) in [5, 5.41) is 2.57. The molecule has 6 heteroatoms. The molecule has 1 N–H and O–H groups in total. The molecule has 0 bridgehead atoms. The van der Waals surface area contributed by atoms with Crippen molar-refractivity contribution >= 4 is 29.1 Å². The molecule has 146 valence electrons. The van der Waals surface area contributed by atoms with Crippen molar-refractivity contribution in [2.75, 3.05) is 11.9 Å². The van der Waals surface area contributed by atoms with Crippen molar-refractivity contribution in [1.29, 1.82) is 0 Å². The van der Waals surface area contributed by atoms with Crippen LogP contribution in [0.1, 0.15) is 51.6 Å². The molecule has 0 heterocycles. The molecule has 2 aromatic carbocycles. The van der Waals surface area contributed by atoms with Gasteiger partial charge in [0.25, 0.3) is 5.91 Å². The number of rotatable bonds is 8. The molecule has 0 fully saturated rings. The van der Waals surface area contributed by atoms with E-state index >= 15 is 0 Å². The zero-order valence-corrected chi connectivity index (χ0v) is 16.2. The Labute approximate surface area is 163 Å². The highest BCUT2D eigenvalue weighted by molar-refractivity contribution is 5.98. The van der Waals surface area contributed by atoms with Crippen molar-refractivity contribution in [3.8, 4) is 0 Å². The Hall–Kier alpha value is -3.28. The molecule has 1 amide bonds. The van der Waals surface area contributed by atoms with Crippen molar-refractivity contribution in [2.45, 2.75) is 33.6 Å². The molecule has 0 saturated heterocycles. The van der Waals surface area contributed by atoms with Crippen LogP contribution >= 0.6 is 0 Å². The predicted molar refractivity (Wildman–Crippen MR) is 106 cm³/mol. The number of hydrogen-bond donors (Lipinski definition) is 1. The van der Waals surface area contributed by atoms with E-state index in [0.717, 1.165) is 11.1 Å². The smallest absolute Gasteiger partial charge is 0.306 e. The van der Waals surface area contributed by atoms with Crippen LogP contribution in [0.3, 0.4) is 0 Å². The molecule has 0 radical (unpaired) electrons. The molecular formula is C22H23NO5. The number of carbonyl (C=O) groups excluding carboxylic acids is 4. The maximum Gasteiger partial charge on any atom is 0.306 e. The van der Waals surface area contributed by atoms with Gasteiger partial charge < -0.3 is 10.1 Å². The van der Waals surface area contributed by atoms with Crippen molar-refractivity contribution in [1.82, 2.24) is 0 Å². The fourth-order valence-corrected chi connectivity index (χ4v) is 2.48. The molecule has 0 spiro atoms. The van der Waals surface area contributed by atoms with Gasteiger partial charge in [-0.05, 0) is 62.2 Å². The van der Waals surface area contributed by atoms with E-state index in [1.165, 1.54) is 6.92 Å². The quantitative estimate of drug-likeness (QED) is 0.557. The lowest BCUT2D eigenvalue weighted by Crippen LogP contribution is -2.21. The number of anilines is 1. The van der Waals surface area contributed by atoms with Crippen LogP contribution in [-0.2, 0) is 14.3 Å². The van der Waals surface area contributed by atoms with Gasteiger partial charge in [0.2, 0.25) is 0 Å². The largest absolute Gasteiger partial charge is 0.456 e. The Morgan fingerprint density at radius 2 is 1.50 bits per heavy atom. The number of ether oxygens (including phenoxy) is 1. The molecule has 0 saturated carbocycles. The van der Waals surface area contributed by atoms with Gasteiger partial charge in [-0.2, -0.15) is 0 Å². The number of carbonyl (C=O) groups is 4. The first-order valence-electron chi connectivity index (χ1n) is 8.93. The number of Topliss-reactive ketones (excluding diaryl/α,β-unsaturated/α-hetero) is 2. The Morgan fingerprint density at radius 3 is 2.11 bits per heavy atom. The summed E-state index contributed by atoms with van der Waals surface area (Å²) >= 11 is 0. The fourth-order valence-electron chi connectivity index (χ4n) is 2.48. The number of nitrogens with one attached hydrogen (secondary N) is 1. The number of aryl methyl sites for hydroxylation is 2. The predicted octanol–water partition coefficient (Wildman–Crippen LogP) is 3.65. The van der Waals surface area contributed by atoms with Crippen LogP contribution in [0, 0.1) is 13.8 Å². The van der Waals surface area contributed by atoms with Crippen molar-refractivity contribution in [3.63, 3.8) is 0 Å². The van der Waals surface area contributed by atoms with Gasteiger partial charge in [-0.3, -0.25) is 19.2 Å². The SMILES string of the molecule is CC(=O)c1ccc(NC(=O)COC(=O)CCC(=O)c2ccc(C)c(C)c2)cc1. The van der Waals surface area contributed by atoms with Crippen LogP contribution in [0.5, 0.6) is 0 Å². The average molecular weight is 381 g/mol. The monoisotopic (exact) mass is 381 g/mol. The van der Waals surface area contributed by atoms with E-state index in [0.29, 0.717) is 16.8 Å². The van der Waals surface area contributed by atoms with E-state index in [2.05, 4.69) is 5.32 Å². The zero-order valence-electron chi connectivity index (χ0n) is 16.2. The topological polar surface area (TPSA) is 89.5 Å². The van der Waals surface area contributed by atoms with Crippen molar-refractivity contribution in [2.24, 2.45) is 0 Å². The first kappa shape index (κ1) is 21.0. The van der Waals surface area contributed by atoms with Gasteiger partial charge >= 0.3 is 5.97 Å². The first-order valence-corrected chi connectivity index (χ1v) is 8.93. The first-order chi connectivity index (χ1) is 13.3. The zero-order chi connectivity index (χ0) is 20.7. The molecule has 2 rings (SSSR count).